The number of hydrogen-bond acceptors (Lipinski definition) is 2. The van der Waals surface area contributed by atoms with Crippen LogP contribution >= 0.6 is 27.3 Å². The number of rotatable bonds is 5. The zero-order valence-electron chi connectivity index (χ0n) is 11.6. The molecule has 0 bridgehead atoms. The Labute approximate surface area is 118 Å². The van der Waals surface area contributed by atoms with Crippen LogP contribution in [0.2, 0.25) is 0 Å². The minimum absolute atomic E-state index is 0.350. The Kier molecular flexibility index (Phi) is 5.68. The van der Waals surface area contributed by atoms with Gasteiger partial charge in [0.1, 0.15) is 0 Å². The van der Waals surface area contributed by atoms with Crippen molar-refractivity contribution < 1.29 is 0 Å². The molecule has 0 aliphatic heterocycles. The third-order valence-corrected chi connectivity index (χ3v) is 4.69. The van der Waals surface area contributed by atoms with E-state index in [0.717, 1.165) is 6.54 Å². The van der Waals surface area contributed by atoms with E-state index in [1.807, 2.05) is 11.3 Å². The third kappa shape index (κ3) is 5.11. The van der Waals surface area contributed by atoms with Gasteiger partial charge in [-0.05, 0) is 53.7 Å². The van der Waals surface area contributed by atoms with E-state index < -0.39 is 0 Å². The average Bonchev–Trinajstić information content (AvgIpc) is 2.50. The highest BCUT2D eigenvalue weighted by molar-refractivity contribution is 9.10. The van der Waals surface area contributed by atoms with Gasteiger partial charge >= 0.3 is 0 Å². The summed E-state index contributed by atoms with van der Waals surface area (Å²) in [5, 5.41) is 3.68. The molecule has 0 fully saturated rings. The Balaban J connectivity index is 2.85. The summed E-state index contributed by atoms with van der Waals surface area (Å²) in [6.45, 7) is 12.4. The summed E-state index contributed by atoms with van der Waals surface area (Å²) >= 11 is 5.59. The highest BCUT2D eigenvalue weighted by atomic mass is 79.9. The fraction of sp³-hybridized carbons (Fsp3) is 0.714. The van der Waals surface area contributed by atoms with Crippen molar-refractivity contribution in [3.63, 3.8) is 0 Å². The first kappa shape index (κ1) is 15.2. The zero-order chi connectivity index (χ0) is 13.1. The second-order valence-corrected chi connectivity index (χ2v) is 7.98. The highest BCUT2D eigenvalue weighted by Crippen LogP contribution is 2.37. The molecule has 17 heavy (non-hydrogen) atoms. The first-order valence-electron chi connectivity index (χ1n) is 6.32. The van der Waals surface area contributed by atoms with Gasteiger partial charge in [-0.1, -0.05) is 27.7 Å². The van der Waals surface area contributed by atoms with E-state index in [-0.39, 0.29) is 0 Å². The van der Waals surface area contributed by atoms with Gasteiger partial charge in [0, 0.05) is 20.3 Å². The minimum Gasteiger partial charge on any atom is -0.309 e. The Bertz CT molecular complexity index is 352. The molecule has 0 amide bonds. The van der Waals surface area contributed by atoms with E-state index in [2.05, 4.69) is 61.9 Å². The van der Waals surface area contributed by atoms with Crippen molar-refractivity contribution in [2.45, 2.75) is 53.5 Å². The lowest BCUT2D eigenvalue weighted by molar-refractivity contribution is 0.313. The van der Waals surface area contributed by atoms with E-state index in [0.29, 0.717) is 11.5 Å². The molecule has 0 spiro atoms. The molecule has 1 N–H and O–H groups in total. The van der Waals surface area contributed by atoms with Crippen LogP contribution in [0.5, 0.6) is 0 Å². The lowest BCUT2D eigenvalue weighted by Gasteiger charge is -2.26. The van der Waals surface area contributed by atoms with Crippen molar-refractivity contribution in [3.8, 4) is 0 Å². The Morgan fingerprint density at radius 2 is 2.06 bits per heavy atom. The van der Waals surface area contributed by atoms with Crippen molar-refractivity contribution >= 4 is 27.3 Å². The largest absolute Gasteiger partial charge is 0.309 e. The molecule has 1 aromatic rings. The topological polar surface area (TPSA) is 12.0 Å². The molecule has 0 radical (unpaired) electrons. The maximum Gasteiger partial charge on any atom is 0.0431 e. The van der Waals surface area contributed by atoms with Crippen molar-refractivity contribution in [2.24, 2.45) is 5.41 Å². The van der Waals surface area contributed by atoms with Gasteiger partial charge < -0.3 is 5.32 Å². The molecule has 0 aliphatic rings. The molecule has 1 nitrogen and oxygen atoms in total. The van der Waals surface area contributed by atoms with Gasteiger partial charge in [-0.2, -0.15) is 0 Å². The predicted molar refractivity (Wildman–Crippen MR) is 81.9 cm³/mol. The quantitative estimate of drug-likeness (QED) is 0.777. The smallest absolute Gasteiger partial charge is 0.0431 e. The molecule has 1 unspecified atom stereocenters. The van der Waals surface area contributed by atoms with Gasteiger partial charge in [-0.25, -0.2) is 0 Å². The molecule has 0 aromatic carbocycles. The van der Waals surface area contributed by atoms with Crippen molar-refractivity contribution in [2.75, 3.05) is 6.54 Å². The lowest BCUT2D eigenvalue weighted by Crippen LogP contribution is -2.26. The molecule has 0 saturated heterocycles. The molecular formula is C14H24BrNS. The first-order valence-corrected chi connectivity index (χ1v) is 7.93. The monoisotopic (exact) mass is 317 g/mol. The number of thiophene rings is 1. The molecule has 1 aromatic heterocycles. The van der Waals surface area contributed by atoms with E-state index >= 15 is 0 Å². The van der Waals surface area contributed by atoms with Crippen LogP contribution in [-0.2, 0) is 0 Å². The van der Waals surface area contributed by atoms with Crippen molar-refractivity contribution in [1.82, 2.24) is 5.32 Å². The summed E-state index contributed by atoms with van der Waals surface area (Å²) in [5.41, 5.74) is 0.350. The van der Waals surface area contributed by atoms with Crippen LogP contribution in [0.3, 0.4) is 0 Å². The molecule has 0 aliphatic carbocycles. The average molecular weight is 318 g/mol. The Morgan fingerprint density at radius 1 is 1.41 bits per heavy atom. The van der Waals surface area contributed by atoms with Crippen LogP contribution in [0, 0.1) is 12.3 Å². The van der Waals surface area contributed by atoms with Crippen molar-refractivity contribution in [3.05, 3.63) is 20.3 Å². The summed E-state index contributed by atoms with van der Waals surface area (Å²) in [6, 6.07) is 2.70. The SMILES string of the molecule is CCCNC(CC(C)(C)C)c1sc(C)cc1Br. The highest BCUT2D eigenvalue weighted by Gasteiger charge is 2.22. The van der Waals surface area contributed by atoms with Gasteiger partial charge in [0.15, 0.2) is 0 Å². The Morgan fingerprint density at radius 3 is 2.47 bits per heavy atom. The summed E-state index contributed by atoms with van der Waals surface area (Å²) < 4.78 is 1.26. The summed E-state index contributed by atoms with van der Waals surface area (Å²) in [4.78, 5) is 2.83. The second-order valence-electron chi connectivity index (χ2n) is 5.84. The van der Waals surface area contributed by atoms with Crippen LogP contribution in [-0.4, -0.2) is 6.54 Å². The molecule has 98 valence electrons. The maximum absolute atomic E-state index is 3.69. The van der Waals surface area contributed by atoms with E-state index in [4.69, 9.17) is 0 Å². The fourth-order valence-electron chi connectivity index (χ4n) is 1.93. The second kappa shape index (κ2) is 6.35. The number of nitrogens with one attached hydrogen (secondary N) is 1. The van der Waals surface area contributed by atoms with Crippen LogP contribution in [0.1, 0.15) is 56.3 Å². The minimum atomic E-state index is 0.350. The standard InChI is InChI=1S/C14H24BrNS/c1-6-7-16-12(9-14(3,4)5)13-11(15)8-10(2)17-13/h8,12,16H,6-7,9H2,1-5H3. The first-order chi connectivity index (χ1) is 7.83. The van der Waals surface area contributed by atoms with Crippen LogP contribution in [0.15, 0.2) is 10.5 Å². The van der Waals surface area contributed by atoms with Crippen LogP contribution < -0.4 is 5.32 Å². The molecule has 1 atom stereocenters. The summed E-state index contributed by atoms with van der Waals surface area (Å²) in [5.74, 6) is 0. The number of hydrogen-bond donors (Lipinski definition) is 1. The molecule has 0 saturated carbocycles. The van der Waals surface area contributed by atoms with Gasteiger partial charge in [0.05, 0.1) is 0 Å². The van der Waals surface area contributed by atoms with E-state index in [1.165, 1.54) is 27.1 Å². The molecule has 1 heterocycles. The van der Waals surface area contributed by atoms with Gasteiger partial charge in [-0.3, -0.25) is 0 Å². The zero-order valence-corrected chi connectivity index (χ0v) is 14.0. The fourth-order valence-corrected chi connectivity index (χ4v) is 3.93. The number of halogens is 1. The molecular weight excluding hydrogens is 294 g/mol. The normalized spacial score (nSPS) is 14.0. The van der Waals surface area contributed by atoms with Crippen LogP contribution in [0.4, 0.5) is 0 Å². The predicted octanol–water partition coefficient (Wildman–Crippen LogP) is 5.30. The van der Waals surface area contributed by atoms with Crippen molar-refractivity contribution in [1.29, 1.82) is 0 Å². The summed E-state index contributed by atoms with van der Waals surface area (Å²) in [7, 11) is 0. The number of aryl methyl sites for hydroxylation is 1. The van der Waals surface area contributed by atoms with E-state index in [1.54, 1.807) is 0 Å². The lowest BCUT2D eigenvalue weighted by atomic mass is 9.87. The summed E-state index contributed by atoms with van der Waals surface area (Å²) in [6.07, 6.45) is 2.36. The maximum atomic E-state index is 3.69. The molecule has 3 heteroatoms. The van der Waals surface area contributed by atoms with Gasteiger partial charge in [-0.15, -0.1) is 11.3 Å². The van der Waals surface area contributed by atoms with Gasteiger partial charge in [0.25, 0.3) is 0 Å². The molecule has 1 rings (SSSR count). The van der Waals surface area contributed by atoms with Crippen LogP contribution in [0.25, 0.3) is 0 Å². The third-order valence-electron chi connectivity index (χ3n) is 2.61. The Hall–Kier alpha value is 0.140. The van der Waals surface area contributed by atoms with E-state index in [9.17, 15) is 0 Å². The van der Waals surface area contributed by atoms with Gasteiger partial charge in [0.2, 0.25) is 0 Å².